The second-order valence-corrected chi connectivity index (χ2v) is 7.90. The zero-order valence-corrected chi connectivity index (χ0v) is 15.0. The van der Waals surface area contributed by atoms with Crippen LogP contribution in [0.2, 0.25) is 0 Å². The molecule has 0 aromatic carbocycles. The van der Waals surface area contributed by atoms with Gasteiger partial charge >= 0.3 is 0 Å². The standard InChI is InChI=1S/C16H28BrN3/c1-6-20-14(15(17)11(2)19-20)9-12(16(3,4)5)10-18-13-7-8-13/h12-13,18H,6-10H2,1-5H3. The quantitative estimate of drug-likeness (QED) is 0.849. The smallest absolute Gasteiger partial charge is 0.0738 e. The molecule has 0 spiro atoms. The first-order chi connectivity index (χ1) is 9.32. The van der Waals surface area contributed by atoms with Crippen molar-refractivity contribution in [2.24, 2.45) is 11.3 Å². The van der Waals surface area contributed by atoms with Gasteiger partial charge in [0.2, 0.25) is 0 Å². The van der Waals surface area contributed by atoms with Gasteiger partial charge in [-0.15, -0.1) is 0 Å². The van der Waals surface area contributed by atoms with Crippen LogP contribution in [0.5, 0.6) is 0 Å². The zero-order valence-electron chi connectivity index (χ0n) is 13.5. The largest absolute Gasteiger partial charge is 0.314 e. The highest BCUT2D eigenvalue weighted by Crippen LogP contribution is 2.33. The molecule has 3 nitrogen and oxygen atoms in total. The molecule has 1 fully saturated rings. The van der Waals surface area contributed by atoms with Crippen molar-refractivity contribution >= 4 is 15.9 Å². The highest BCUT2D eigenvalue weighted by Gasteiger charge is 2.30. The van der Waals surface area contributed by atoms with E-state index in [1.807, 2.05) is 0 Å². The number of hydrogen-bond acceptors (Lipinski definition) is 2. The van der Waals surface area contributed by atoms with Crippen molar-refractivity contribution in [2.45, 2.75) is 66.5 Å². The third-order valence-corrected chi connectivity index (χ3v) is 5.38. The van der Waals surface area contributed by atoms with Crippen molar-refractivity contribution in [1.29, 1.82) is 0 Å². The van der Waals surface area contributed by atoms with Crippen molar-refractivity contribution in [3.8, 4) is 0 Å². The summed E-state index contributed by atoms with van der Waals surface area (Å²) in [4.78, 5) is 0. The lowest BCUT2D eigenvalue weighted by Gasteiger charge is -2.31. The van der Waals surface area contributed by atoms with E-state index in [1.54, 1.807) is 0 Å². The van der Waals surface area contributed by atoms with Crippen molar-refractivity contribution in [3.05, 3.63) is 15.9 Å². The van der Waals surface area contributed by atoms with Crippen LogP contribution in [0.25, 0.3) is 0 Å². The molecule has 0 radical (unpaired) electrons. The van der Waals surface area contributed by atoms with E-state index >= 15 is 0 Å². The SMILES string of the molecule is CCn1nc(C)c(Br)c1CC(CNC1CC1)C(C)(C)C. The lowest BCUT2D eigenvalue weighted by molar-refractivity contribution is 0.226. The predicted octanol–water partition coefficient (Wildman–Crippen LogP) is 3.93. The van der Waals surface area contributed by atoms with Gasteiger partial charge in [0.25, 0.3) is 0 Å². The number of halogens is 1. The van der Waals surface area contributed by atoms with Crippen LogP contribution in [0.4, 0.5) is 0 Å². The Kier molecular flexibility index (Phi) is 4.96. The summed E-state index contributed by atoms with van der Waals surface area (Å²) in [7, 11) is 0. The molecule has 114 valence electrons. The van der Waals surface area contributed by atoms with Crippen LogP contribution in [-0.2, 0) is 13.0 Å². The summed E-state index contributed by atoms with van der Waals surface area (Å²) in [6, 6.07) is 0.779. The Bertz CT molecular complexity index is 455. The van der Waals surface area contributed by atoms with E-state index in [0.29, 0.717) is 11.3 Å². The van der Waals surface area contributed by atoms with Crippen molar-refractivity contribution in [3.63, 3.8) is 0 Å². The molecular weight excluding hydrogens is 314 g/mol. The van der Waals surface area contributed by atoms with Gasteiger partial charge in [-0.1, -0.05) is 20.8 Å². The lowest BCUT2D eigenvalue weighted by atomic mass is 9.78. The van der Waals surface area contributed by atoms with Gasteiger partial charge < -0.3 is 5.32 Å². The summed E-state index contributed by atoms with van der Waals surface area (Å²) < 4.78 is 3.34. The fraction of sp³-hybridized carbons (Fsp3) is 0.812. The van der Waals surface area contributed by atoms with Crippen molar-refractivity contribution in [2.75, 3.05) is 6.54 Å². The molecule has 1 aromatic rings. The molecule has 0 aliphatic heterocycles. The van der Waals surface area contributed by atoms with Gasteiger partial charge in [0, 0.05) is 12.6 Å². The van der Waals surface area contributed by atoms with Gasteiger partial charge in [-0.05, 0) is 66.9 Å². The van der Waals surface area contributed by atoms with E-state index in [1.165, 1.54) is 23.0 Å². The summed E-state index contributed by atoms with van der Waals surface area (Å²) in [6.07, 6.45) is 3.79. The number of aromatic nitrogens is 2. The number of rotatable bonds is 6. The molecule has 1 saturated carbocycles. The first kappa shape index (κ1) is 16.0. The maximum atomic E-state index is 4.62. The van der Waals surface area contributed by atoms with E-state index in [0.717, 1.165) is 31.2 Å². The Labute approximate surface area is 131 Å². The molecule has 1 aliphatic rings. The third-order valence-electron chi connectivity index (χ3n) is 4.35. The normalized spacial score (nSPS) is 17.5. The summed E-state index contributed by atoms with van der Waals surface area (Å²) in [5, 5.41) is 8.32. The first-order valence-electron chi connectivity index (χ1n) is 7.78. The molecule has 1 aromatic heterocycles. The molecule has 0 bridgehead atoms. The molecule has 2 rings (SSSR count). The van der Waals surface area contributed by atoms with Crippen LogP contribution in [0.3, 0.4) is 0 Å². The zero-order chi connectivity index (χ0) is 14.9. The van der Waals surface area contributed by atoms with Crippen LogP contribution >= 0.6 is 15.9 Å². The van der Waals surface area contributed by atoms with Gasteiger partial charge in [-0.25, -0.2) is 0 Å². The summed E-state index contributed by atoms with van der Waals surface area (Å²) in [6.45, 7) is 13.3. The second kappa shape index (κ2) is 6.18. The lowest BCUT2D eigenvalue weighted by Crippen LogP contribution is -2.35. The minimum absolute atomic E-state index is 0.304. The third kappa shape index (κ3) is 3.85. The van der Waals surface area contributed by atoms with Gasteiger partial charge in [0.1, 0.15) is 0 Å². The number of nitrogens with zero attached hydrogens (tertiary/aromatic N) is 2. The Balaban J connectivity index is 2.13. The van der Waals surface area contributed by atoms with Crippen LogP contribution in [-0.4, -0.2) is 22.4 Å². The van der Waals surface area contributed by atoms with E-state index in [-0.39, 0.29) is 0 Å². The highest BCUT2D eigenvalue weighted by molar-refractivity contribution is 9.10. The highest BCUT2D eigenvalue weighted by atomic mass is 79.9. The molecule has 1 unspecified atom stereocenters. The van der Waals surface area contributed by atoms with Gasteiger partial charge in [-0.2, -0.15) is 5.10 Å². The van der Waals surface area contributed by atoms with Crippen LogP contribution in [0, 0.1) is 18.3 Å². The minimum atomic E-state index is 0.304. The maximum Gasteiger partial charge on any atom is 0.0738 e. The topological polar surface area (TPSA) is 29.9 Å². The average Bonchev–Trinajstić information content (AvgIpc) is 3.14. The molecule has 1 aliphatic carbocycles. The van der Waals surface area contributed by atoms with Crippen molar-refractivity contribution < 1.29 is 0 Å². The maximum absolute atomic E-state index is 4.62. The number of nitrogens with one attached hydrogen (secondary N) is 1. The molecule has 20 heavy (non-hydrogen) atoms. The summed E-state index contributed by atoms with van der Waals surface area (Å²) in [5.41, 5.74) is 2.75. The monoisotopic (exact) mass is 341 g/mol. The van der Waals surface area contributed by atoms with Gasteiger partial charge in [0.05, 0.1) is 15.9 Å². The number of hydrogen-bond donors (Lipinski definition) is 1. The fourth-order valence-corrected chi connectivity index (χ4v) is 3.02. The molecule has 1 N–H and O–H groups in total. The summed E-state index contributed by atoms with van der Waals surface area (Å²) >= 11 is 3.73. The molecule has 0 amide bonds. The molecule has 1 atom stereocenters. The van der Waals surface area contributed by atoms with E-state index < -0.39 is 0 Å². The Morgan fingerprint density at radius 1 is 1.40 bits per heavy atom. The molecule has 1 heterocycles. The molecule has 4 heteroatoms. The average molecular weight is 342 g/mol. The Morgan fingerprint density at radius 2 is 2.05 bits per heavy atom. The molecular formula is C16H28BrN3. The van der Waals surface area contributed by atoms with Crippen molar-refractivity contribution in [1.82, 2.24) is 15.1 Å². The van der Waals surface area contributed by atoms with E-state index in [9.17, 15) is 0 Å². The Morgan fingerprint density at radius 3 is 2.55 bits per heavy atom. The van der Waals surface area contributed by atoms with E-state index in [4.69, 9.17) is 0 Å². The van der Waals surface area contributed by atoms with E-state index in [2.05, 4.69) is 65.6 Å². The summed E-state index contributed by atoms with van der Waals surface area (Å²) in [5.74, 6) is 0.626. The predicted molar refractivity (Wildman–Crippen MR) is 88.0 cm³/mol. The second-order valence-electron chi connectivity index (χ2n) is 7.11. The van der Waals surface area contributed by atoms with Gasteiger partial charge in [0.15, 0.2) is 0 Å². The molecule has 0 saturated heterocycles. The van der Waals surface area contributed by atoms with Crippen LogP contribution in [0.1, 0.15) is 51.9 Å². The van der Waals surface area contributed by atoms with Crippen LogP contribution in [0.15, 0.2) is 4.47 Å². The Hall–Kier alpha value is -0.350. The van der Waals surface area contributed by atoms with Crippen LogP contribution < -0.4 is 5.32 Å². The first-order valence-corrected chi connectivity index (χ1v) is 8.57. The van der Waals surface area contributed by atoms with Gasteiger partial charge in [-0.3, -0.25) is 4.68 Å². The minimum Gasteiger partial charge on any atom is -0.314 e. The fourth-order valence-electron chi connectivity index (χ4n) is 2.58. The number of aryl methyl sites for hydroxylation is 2.